The van der Waals surface area contributed by atoms with Gasteiger partial charge in [-0.2, -0.15) is 0 Å². The maximum atomic E-state index is 11.9. The molecule has 0 radical (unpaired) electrons. The third kappa shape index (κ3) is 4.85. The van der Waals surface area contributed by atoms with Crippen molar-refractivity contribution >= 4 is 15.7 Å². The predicted octanol–water partition coefficient (Wildman–Crippen LogP) is -0.110. The molecule has 18 heavy (non-hydrogen) atoms. The van der Waals surface area contributed by atoms with Crippen LogP contribution in [-0.4, -0.2) is 39.4 Å². The molecule has 0 heterocycles. The molecule has 1 rings (SSSR count). The number of rotatable bonds is 6. The molecular formula is C12H18N2O3S. The van der Waals surface area contributed by atoms with Crippen molar-refractivity contribution in [3.05, 3.63) is 35.9 Å². The summed E-state index contributed by atoms with van der Waals surface area (Å²) in [5, 5.41) is 2.59. The summed E-state index contributed by atoms with van der Waals surface area (Å²) in [6.45, 7) is 0.301. The van der Waals surface area contributed by atoms with E-state index in [0.717, 1.165) is 11.8 Å². The van der Waals surface area contributed by atoms with Gasteiger partial charge in [0.15, 0.2) is 0 Å². The van der Waals surface area contributed by atoms with Gasteiger partial charge in [-0.25, -0.2) is 8.42 Å². The second-order valence-electron chi connectivity index (χ2n) is 4.12. The normalized spacial score (nSPS) is 13.0. The monoisotopic (exact) mass is 270 g/mol. The first-order valence-electron chi connectivity index (χ1n) is 5.64. The van der Waals surface area contributed by atoms with E-state index in [1.807, 2.05) is 30.3 Å². The molecule has 0 spiro atoms. The Morgan fingerprint density at radius 1 is 1.33 bits per heavy atom. The van der Waals surface area contributed by atoms with Gasteiger partial charge in [-0.15, -0.1) is 0 Å². The number of benzene rings is 1. The highest BCUT2D eigenvalue weighted by atomic mass is 32.2. The number of amides is 1. The lowest BCUT2D eigenvalue weighted by Crippen LogP contribution is -2.36. The zero-order chi connectivity index (χ0) is 13.6. The Hall–Kier alpha value is -1.40. The van der Waals surface area contributed by atoms with Gasteiger partial charge in [-0.05, 0) is 5.56 Å². The van der Waals surface area contributed by atoms with Crippen LogP contribution < -0.4 is 11.1 Å². The van der Waals surface area contributed by atoms with Gasteiger partial charge >= 0.3 is 0 Å². The van der Waals surface area contributed by atoms with Crippen LogP contribution >= 0.6 is 0 Å². The van der Waals surface area contributed by atoms with Crippen molar-refractivity contribution in [2.45, 2.75) is 5.92 Å². The molecule has 0 aliphatic rings. The van der Waals surface area contributed by atoms with Crippen molar-refractivity contribution in [3.63, 3.8) is 0 Å². The fourth-order valence-electron chi connectivity index (χ4n) is 1.56. The molecule has 0 saturated carbocycles. The van der Waals surface area contributed by atoms with Gasteiger partial charge in [0.25, 0.3) is 0 Å². The quantitative estimate of drug-likeness (QED) is 0.755. The minimum atomic E-state index is -3.06. The van der Waals surface area contributed by atoms with Gasteiger partial charge < -0.3 is 11.1 Å². The number of carbonyl (C=O) groups excluding carboxylic acids is 1. The van der Waals surface area contributed by atoms with Gasteiger partial charge in [0.05, 0.1) is 11.7 Å². The summed E-state index contributed by atoms with van der Waals surface area (Å²) in [6.07, 6.45) is 1.14. The molecule has 0 saturated heterocycles. The molecule has 100 valence electrons. The SMILES string of the molecule is CS(=O)(=O)CCNC(=O)C(CN)c1ccccc1. The maximum Gasteiger partial charge on any atom is 0.228 e. The van der Waals surface area contributed by atoms with Gasteiger partial charge in [0.2, 0.25) is 5.91 Å². The number of nitrogens with one attached hydrogen (secondary N) is 1. The lowest BCUT2D eigenvalue weighted by atomic mass is 9.98. The molecule has 1 amide bonds. The minimum absolute atomic E-state index is 0.0647. The molecule has 1 unspecified atom stereocenters. The first-order chi connectivity index (χ1) is 8.44. The lowest BCUT2D eigenvalue weighted by molar-refractivity contribution is -0.122. The highest BCUT2D eigenvalue weighted by Crippen LogP contribution is 2.13. The maximum absolute atomic E-state index is 11.9. The van der Waals surface area contributed by atoms with E-state index in [1.165, 1.54) is 0 Å². The third-order valence-corrected chi connectivity index (χ3v) is 3.47. The van der Waals surface area contributed by atoms with Crippen LogP contribution in [-0.2, 0) is 14.6 Å². The summed E-state index contributed by atoms with van der Waals surface area (Å²) >= 11 is 0. The van der Waals surface area contributed by atoms with Gasteiger partial charge in [-0.1, -0.05) is 30.3 Å². The topological polar surface area (TPSA) is 89.3 Å². The van der Waals surface area contributed by atoms with Crippen LogP contribution in [0.2, 0.25) is 0 Å². The van der Waals surface area contributed by atoms with Crippen LogP contribution in [0.1, 0.15) is 11.5 Å². The van der Waals surface area contributed by atoms with E-state index in [-0.39, 0.29) is 24.7 Å². The van der Waals surface area contributed by atoms with E-state index in [9.17, 15) is 13.2 Å². The highest BCUT2D eigenvalue weighted by molar-refractivity contribution is 7.90. The number of nitrogens with two attached hydrogens (primary N) is 1. The Morgan fingerprint density at radius 3 is 2.44 bits per heavy atom. The van der Waals surface area contributed by atoms with E-state index in [1.54, 1.807) is 0 Å². The molecule has 0 aliphatic heterocycles. The minimum Gasteiger partial charge on any atom is -0.355 e. The van der Waals surface area contributed by atoms with E-state index in [4.69, 9.17) is 5.73 Å². The van der Waals surface area contributed by atoms with Gasteiger partial charge in [0, 0.05) is 19.3 Å². The second kappa shape index (κ2) is 6.51. The molecule has 3 N–H and O–H groups in total. The molecule has 0 aliphatic carbocycles. The van der Waals surface area contributed by atoms with Crippen LogP contribution in [0.25, 0.3) is 0 Å². The number of sulfone groups is 1. The Morgan fingerprint density at radius 2 is 1.94 bits per heavy atom. The van der Waals surface area contributed by atoms with E-state index < -0.39 is 15.8 Å². The van der Waals surface area contributed by atoms with Crippen molar-refractivity contribution < 1.29 is 13.2 Å². The van der Waals surface area contributed by atoms with Crippen LogP contribution in [0.15, 0.2) is 30.3 Å². The molecule has 0 aromatic heterocycles. The Kier molecular flexibility index (Phi) is 5.30. The van der Waals surface area contributed by atoms with Crippen molar-refractivity contribution in [2.24, 2.45) is 5.73 Å². The molecule has 0 bridgehead atoms. The Balaban J connectivity index is 2.59. The summed E-state index contributed by atoms with van der Waals surface area (Å²) in [4.78, 5) is 11.9. The van der Waals surface area contributed by atoms with E-state index >= 15 is 0 Å². The molecular weight excluding hydrogens is 252 g/mol. The standard InChI is InChI=1S/C12H18N2O3S/c1-18(16,17)8-7-14-12(15)11(9-13)10-5-3-2-4-6-10/h2-6,11H,7-9,13H2,1H3,(H,14,15). The fourth-order valence-corrected chi connectivity index (χ4v) is 2.04. The fraction of sp³-hybridized carbons (Fsp3) is 0.417. The second-order valence-corrected chi connectivity index (χ2v) is 6.38. The molecule has 6 heteroatoms. The first-order valence-corrected chi connectivity index (χ1v) is 7.70. The summed E-state index contributed by atoms with van der Waals surface area (Å²) < 4.78 is 21.9. The number of hydrogen-bond donors (Lipinski definition) is 2. The Bertz CT molecular complexity index is 485. The van der Waals surface area contributed by atoms with Crippen molar-refractivity contribution in [1.29, 1.82) is 0 Å². The van der Waals surface area contributed by atoms with Crippen molar-refractivity contribution in [1.82, 2.24) is 5.32 Å². The first kappa shape index (κ1) is 14.7. The van der Waals surface area contributed by atoms with Crippen molar-refractivity contribution in [3.8, 4) is 0 Å². The molecule has 1 aromatic carbocycles. The zero-order valence-corrected chi connectivity index (χ0v) is 11.1. The van der Waals surface area contributed by atoms with E-state index in [0.29, 0.717) is 0 Å². The molecule has 1 aromatic rings. The van der Waals surface area contributed by atoms with Crippen LogP contribution in [0, 0.1) is 0 Å². The summed E-state index contributed by atoms with van der Waals surface area (Å²) in [6, 6.07) is 9.18. The summed E-state index contributed by atoms with van der Waals surface area (Å²) in [5.41, 5.74) is 6.41. The number of carbonyl (C=O) groups is 1. The smallest absolute Gasteiger partial charge is 0.228 e. The van der Waals surface area contributed by atoms with Gasteiger partial charge in [-0.3, -0.25) is 4.79 Å². The summed E-state index contributed by atoms with van der Waals surface area (Å²) in [7, 11) is -3.06. The number of hydrogen-bond acceptors (Lipinski definition) is 4. The molecule has 5 nitrogen and oxygen atoms in total. The average Bonchev–Trinajstić information content (AvgIpc) is 2.29. The third-order valence-electron chi connectivity index (χ3n) is 2.53. The zero-order valence-electron chi connectivity index (χ0n) is 10.3. The van der Waals surface area contributed by atoms with Crippen molar-refractivity contribution in [2.75, 3.05) is 25.1 Å². The summed E-state index contributed by atoms with van der Waals surface area (Å²) in [5.74, 6) is -0.747. The van der Waals surface area contributed by atoms with Crippen LogP contribution in [0.5, 0.6) is 0 Å². The Labute approximate surface area is 107 Å². The largest absolute Gasteiger partial charge is 0.355 e. The molecule has 1 atom stereocenters. The predicted molar refractivity (Wildman–Crippen MR) is 71.0 cm³/mol. The van der Waals surface area contributed by atoms with E-state index in [2.05, 4.69) is 5.32 Å². The van der Waals surface area contributed by atoms with Gasteiger partial charge in [0.1, 0.15) is 9.84 Å². The highest BCUT2D eigenvalue weighted by Gasteiger charge is 2.18. The molecule has 0 fully saturated rings. The average molecular weight is 270 g/mol. The lowest BCUT2D eigenvalue weighted by Gasteiger charge is -2.14. The van der Waals surface area contributed by atoms with Crippen LogP contribution in [0.4, 0.5) is 0 Å². The van der Waals surface area contributed by atoms with Crippen LogP contribution in [0.3, 0.4) is 0 Å².